The van der Waals surface area contributed by atoms with Crippen LogP contribution in [-0.2, 0) is 12.7 Å². The number of benzene rings is 1. The summed E-state index contributed by atoms with van der Waals surface area (Å²) in [6, 6.07) is 5.47. The Morgan fingerprint density at radius 3 is 2.61 bits per heavy atom. The first kappa shape index (κ1) is 17.6. The van der Waals surface area contributed by atoms with Gasteiger partial charge in [-0.3, -0.25) is 4.90 Å². The monoisotopic (exact) mass is 330 g/mol. The van der Waals surface area contributed by atoms with Crippen LogP contribution in [0, 0.1) is 5.92 Å². The molecule has 2 N–H and O–H groups in total. The lowest BCUT2D eigenvalue weighted by atomic mass is 9.93. The number of piperidine rings is 1. The lowest BCUT2D eigenvalue weighted by molar-refractivity contribution is -0.137. The fraction of sp³-hybridized carbons (Fsp3) is 0.562. The van der Waals surface area contributed by atoms with E-state index in [4.69, 9.17) is 5.11 Å². The Bertz CT molecular complexity index is 526. The molecule has 1 heterocycles. The topological polar surface area (TPSA) is 52.6 Å². The van der Waals surface area contributed by atoms with Crippen molar-refractivity contribution in [3.8, 4) is 0 Å². The molecule has 7 heteroatoms. The van der Waals surface area contributed by atoms with Crippen molar-refractivity contribution in [3.63, 3.8) is 0 Å². The minimum atomic E-state index is -4.31. The van der Waals surface area contributed by atoms with Gasteiger partial charge in [0.05, 0.1) is 5.56 Å². The summed E-state index contributed by atoms with van der Waals surface area (Å²) in [5.41, 5.74) is 0.0652. The number of carboxylic acid groups (broad SMARTS) is 1. The smallest absolute Gasteiger partial charge is 0.416 e. The maximum absolute atomic E-state index is 12.7. The van der Waals surface area contributed by atoms with Crippen molar-refractivity contribution in [1.82, 2.24) is 10.2 Å². The lowest BCUT2D eigenvalue weighted by Crippen LogP contribution is -2.34. The van der Waals surface area contributed by atoms with Crippen molar-refractivity contribution < 1.29 is 23.1 Å². The fourth-order valence-corrected chi connectivity index (χ4v) is 2.92. The third-order valence-electron chi connectivity index (χ3n) is 4.20. The summed E-state index contributed by atoms with van der Waals surface area (Å²) >= 11 is 0. The van der Waals surface area contributed by atoms with Gasteiger partial charge >= 0.3 is 12.3 Å². The second-order valence-corrected chi connectivity index (χ2v) is 5.94. The largest absolute Gasteiger partial charge is 0.465 e. The van der Waals surface area contributed by atoms with E-state index in [1.54, 1.807) is 6.07 Å². The van der Waals surface area contributed by atoms with Crippen molar-refractivity contribution in [3.05, 3.63) is 35.4 Å². The van der Waals surface area contributed by atoms with Crippen molar-refractivity contribution >= 4 is 6.09 Å². The average Bonchev–Trinajstić information content (AvgIpc) is 2.48. The molecular formula is C16H21F3N2O2. The molecule has 1 aromatic carbocycles. The molecule has 0 aliphatic carbocycles. The summed E-state index contributed by atoms with van der Waals surface area (Å²) in [7, 11) is 0. The van der Waals surface area contributed by atoms with E-state index in [0.29, 0.717) is 24.6 Å². The first-order chi connectivity index (χ1) is 10.8. The molecule has 0 radical (unpaired) electrons. The maximum atomic E-state index is 12.7. The van der Waals surface area contributed by atoms with Crippen LogP contribution >= 0.6 is 0 Å². The molecule has 1 aromatic rings. The van der Waals surface area contributed by atoms with E-state index in [1.165, 1.54) is 12.1 Å². The summed E-state index contributed by atoms with van der Waals surface area (Å²) in [6.07, 6.45) is -2.61. The molecule has 0 atom stereocenters. The predicted octanol–water partition coefficient (Wildman–Crippen LogP) is 3.58. The van der Waals surface area contributed by atoms with E-state index in [9.17, 15) is 18.0 Å². The van der Waals surface area contributed by atoms with E-state index in [0.717, 1.165) is 38.4 Å². The van der Waals surface area contributed by atoms with E-state index in [1.807, 2.05) is 0 Å². The highest BCUT2D eigenvalue weighted by atomic mass is 19.4. The van der Waals surface area contributed by atoms with Crippen LogP contribution in [0.5, 0.6) is 0 Å². The Kier molecular flexibility index (Phi) is 5.87. The van der Waals surface area contributed by atoms with Crippen LogP contribution < -0.4 is 5.32 Å². The highest BCUT2D eigenvalue weighted by Gasteiger charge is 2.30. The molecule has 0 unspecified atom stereocenters. The predicted molar refractivity (Wildman–Crippen MR) is 80.1 cm³/mol. The van der Waals surface area contributed by atoms with Crippen molar-refractivity contribution in [2.75, 3.05) is 19.6 Å². The molecular weight excluding hydrogens is 309 g/mol. The molecule has 4 nitrogen and oxygen atoms in total. The molecule has 1 aliphatic rings. The Hall–Kier alpha value is -1.76. The Morgan fingerprint density at radius 2 is 2.00 bits per heavy atom. The molecule has 0 spiro atoms. The van der Waals surface area contributed by atoms with Gasteiger partial charge in [-0.1, -0.05) is 18.2 Å². The Labute approximate surface area is 133 Å². The second kappa shape index (κ2) is 7.68. The summed E-state index contributed by atoms with van der Waals surface area (Å²) in [6.45, 7) is 2.62. The number of halogens is 3. The Morgan fingerprint density at radius 1 is 1.30 bits per heavy atom. The van der Waals surface area contributed by atoms with Gasteiger partial charge in [-0.05, 0) is 49.9 Å². The molecule has 23 heavy (non-hydrogen) atoms. The van der Waals surface area contributed by atoms with E-state index < -0.39 is 17.8 Å². The number of alkyl halides is 3. The minimum Gasteiger partial charge on any atom is -0.465 e. The van der Waals surface area contributed by atoms with Gasteiger partial charge in [-0.15, -0.1) is 0 Å². The van der Waals surface area contributed by atoms with Gasteiger partial charge in [-0.2, -0.15) is 13.2 Å². The average molecular weight is 330 g/mol. The number of nitrogens with one attached hydrogen (secondary N) is 1. The van der Waals surface area contributed by atoms with Gasteiger partial charge in [-0.25, -0.2) is 4.79 Å². The van der Waals surface area contributed by atoms with Gasteiger partial charge in [0.2, 0.25) is 0 Å². The zero-order valence-electron chi connectivity index (χ0n) is 12.8. The number of amides is 1. The van der Waals surface area contributed by atoms with Crippen molar-refractivity contribution in [2.45, 2.75) is 32.0 Å². The summed E-state index contributed by atoms with van der Waals surface area (Å²) < 4.78 is 38.1. The molecule has 0 saturated carbocycles. The van der Waals surface area contributed by atoms with Gasteiger partial charge in [0.15, 0.2) is 0 Å². The second-order valence-electron chi connectivity index (χ2n) is 5.94. The third kappa shape index (κ3) is 5.74. The highest BCUT2D eigenvalue weighted by molar-refractivity contribution is 5.64. The number of rotatable bonds is 5. The molecule has 2 rings (SSSR count). The van der Waals surface area contributed by atoms with Crippen LogP contribution in [0.1, 0.15) is 30.4 Å². The lowest BCUT2D eigenvalue weighted by Gasteiger charge is -2.32. The van der Waals surface area contributed by atoms with Crippen molar-refractivity contribution in [1.29, 1.82) is 0 Å². The van der Waals surface area contributed by atoms with Crippen LogP contribution in [0.4, 0.5) is 18.0 Å². The van der Waals surface area contributed by atoms with Crippen LogP contribution in [0.3, 0.4) is 0 Å². The normalized spacial score (nSPS) is 17.2. The number of nitrogens with zero attached hydrogens (tertiary/aromatic N) is 1. The first-order valence-corrected chi connectivity index (χ1v) is 7.70. The van der Waals surface area contributed by atoms with Crippen LogP contribution in [0.15, 0.2) is 24.3 Å². The van der Waals surface area contributed by atoms with Crippen molar-refractivity contribution in [2.24, 2.45) is 5.92 Å². The van der Waals surface area contributed by atoms with Gasteiger partial charge in [0.25, 0.3) is 0 Å². The fourth-order valence-electron chi connectivity index (χ4n) is 2.92. The highest BCUT2D eigenvalue weighted by Crippen LogP contribution is 2.30. The Balaban J connectivity index is 1.79. The number of hydrogen-bond acceptors (Lipinski definition) is 2. The third-order valence-corrected chi connectivity index (χ3v) is 4.20. The number of carbonyl (C=O) groups is 1. The quantitative estimate of drug-likeness (QED) is 0.868. The van der Waals surface area contributed by atoms with Crippen LogP contribution in [0.25, 0.3) is 0 Å². The van der Waals surface area contributed by atoms with E-state index in [-0.39, 0.29) is 0 Å². The minimum absolute atomic E-state index is 0.452. The summed E-state index contributed by atoms with van der Waals surface area (Å²) in [4.78, 5) is 12.5. The summed E-state index contributed by atoms with van der Waals surface area (Å²) in [5.74, 6) is 0.472. The zero-order chi connectivity index (χ0) is 16.9. The van der Waals surface area contributed by atoms with Crippen LogP contribution in [0.2, 0.25) is 0 Å². The van der Waals surface area contributed by atoms with Gasteiger partial charge < -0.3 is 10.4 Å². The van der Waals surface area contributed by atoms with Gasteiger partial charge in [0, 0.05) is 13.1 Å². The first-order valence-electron chi connectivity index (χ1n) is 7.70. The summed E-state index contributed by atoms with van der Waals surface area (Å²) in [5, 5.41) is 10.9. The molecule has 1 aliphatic heterocycles. The van der Waals surface area contributed by atoms with Gasteiger partial charge in [0.1, 0.15) is 0 Å². The number of likely N-dealkylation sites (tertiary alicyclic amines) is 1. The zero-order valence-corrected chi connectivity index (χ0v) is 12.8. The van der Waals surface area contributed by atoms with E-state index >= 15 is 0 Å². The maximum Gasteiger partial charge on any atom is 0.416 e. The SMILES string of the molecule is O=C(O)NCCC1CCN(Cc2cccc(C(F)(F)F)c2)CC1. The molecule has 1 amide bonds. The molecule has 1 fully saturated rings. The molecule has 128 valence electrons. The molecule has 0 bridgehead atoms. The molecule has 0 aromatic heterocycles. The molecule has 1 saturated heterocycles. The number of hydrogen-bond donors (Lipinski definition) is 2. The van der Waals surface area contributed by atoms with Crippen LogP contribution in [-0.4, -0.2) is 35.7 Å². The van der Waals surface area contributed by atoms with E-state index in [2.05, 4.69) is 10.2 Å². The standard InChI is InChI=1S/C16H21F3N2O2/c17-16(18,19)14-3-1-2-13(10-14)11-21-8-5-12(6-9-21)4-7-20-15(22)23/h1-3,10,12,20H,4-9,11H2,(H,22,23).